The Hall–Kier alpha value is -2.68. The van der Waals surface area contributed by atoms with Gasteiger partial charge < -0.3 is 14.9 Å². The lowest BCUT2D eigenvalue weighted by Crippen LogP contribution is -2.52. The van der Waals surface area contributed by atoms with Gasteiger partial charge >= 0.3 is 12.0 Å². The standard InChI is InChI=1S/C15H20N6O3/c1-18(2)15(24)20-7-6-19(3)11(9-20)13-17-16-12-5-4-10(14(22)23)8-21(12)13/h4-5,8,11H,6-7,9H2,1-3H3,(H,22,23)/t11-/m0/s1. The van der Waals surface area contributed by atoms with Crippen LogP contribution < -0.4 is 0 Å². The molecular weight excluding hydrogens is 312 g/mol. The molecule has 0 saturated carbocycles. The van der Waals surface area contributed by atoms with Gasteiger partial charge in [-0.15, -0.1) is 10.2 Å². The molecule has 24 heavy (non-hydrogen) atoms. The zero-order valence-corrected chi connectivity index (χ0v) is 13.9. The number of carboxylic acids is 1. The molecular formula is C15H20N6O3. The normalized spacial score (nSPS) is 18.8. The Morgan fingerprint density at radius 1 is 1.25 bits per heavy atom. The first-order valence-corrected chi connectivity index (χ1v) is 7.63. The number of rotatable bonds is 2. The number of carbonyl (C=O) groups excluding carboxylic acids is 1. The molecule has 0 aromatic carbocycles. The summed E-state index contributed by atoms with van der Waals surface area (Å²) in [5.41, 5.74) is 0.752. The molecule has 0 unspecified atom stereocenters. The Labute approximate surface area is 139 Å². The molecule has 128 valence electrons. The smallest absolute Gasteiger partial charge is 0.337 e. The summed E-state index contributed by atoms with van der Waals surface area (Å²) < 4.78 is 1.69. The van der Waals surface area contributed by atoms with Crippen LogP contribution in [0.25, 0.3) is 5.65 Å². The summed E-state index contributed by atoms with van der Waals surface area (Å²) in [6.07, 6.45) is 1.52. The van der Waals surface area contributed by atoms with Gasteiger partial charge in [0.15, 0.2) is 11.5 Å². The topological polar surface area (TPSA) is 94.3 Å². The van der Waals surface area contributed by atoms with Crippen molar-refractivity contribution in [1.82, 2.24) is 29.3 Å². The van der Waals surface area contributed by atoms with Crippen molar-refractivity contribution in [2.24, 2.45) is 0 Å². The highest BCUT2D eigenvalue weighted by atomic mass is 16.4. The minimum absolute atomic E-state index is 0.0480. The van der Waals surface area contributed by atoms with Crippen molar-refractivity contribution in [1.29, 1.82) is 0 Å². The molecule has 0 spiro atoms. The van der Waals surface area contributed by atoms with Gasteiger partial charge in [0.25, 0.3) is 0 Å². The quantitative estimate of drug-likeness (QED) is 0.855. The second-order valence-corrected chi connectivity index (χ2v) is 6.13. The van der Waals surface area contributed by atoms with Crippen LogP contribution in [0.5, 0.6) is 0 Å². The van der Waals surface area contributed by atoms with Crippen LogP contribution in [-0.2, 0) is 0 Å². The largest absolute Gasteiger partial charge is 0.478 e. The summed E-state index contributed by atoms with van der Waals surface area (Å²) in [5, 5.41) is 17.5. The number of urea groups is 1. The van der Waals surface area contributed by atoms with E-state index in [0.717, 1.165) is 0 Å². The van der Waals surface area contributed by atoms with Crippen LogP contribution in [0, 0.1) is 0 Å². The van der Waals surface area contributed by atoms with E-state index in [0.29, 0.717) is 31.1 Å². The number of carbonyl (C=O) groups is 2. The highest BCUT2D eigenvalue weighted by Crippen LogP contribution is 2.24. The number of hydrogen-bond acceptors (Lipinski definition) is 5. The Balaban J connectivity index is 1.97. The van der Waals surface area contributed by atoms with E-state index >= 15 is 0 Å². The maximum atomic E-state index is 12.2. The fourth-order valence-corrected chi connectivity index (χ4v) is 2.87. The average molecular weight is 332 g/mol. The SMILES string of the molecule is CN(C)C(=O)N1CCN(C)[C@H](c2nnc3ccc(C(=O)O)cn23)C1. The predicted molar refractivity (Wildman–Crippen MR) is 86.0 cm³/mol. The van der Waals surface area contributed by atoms with Crippen molar-refractivity contribution < 1.29 is 14.7 Å². The van der Waals surface area contributed by atoms with E-state index in [1.807, 2.05) is 7.05 Å². The number of amides is 2. The molecule has 1 aliphatic rings. The van der Waals surface area contributed by atoms with Crippen LogP contribution in [0.4, 0.5) is 4.79 Å². The number of hydrogen-bond donors (Lipinski definition) is 1. The Bertz CT molecular complexity index is 787. The third-order valence-corrected chi connectivity index (χ3v) is 4.27. The zero-order chi connectivity index (χ0) is 17.4. The number of piperazine rings is 1. The number of fused-ring (bicyclic) bond motifs is 1. The van der Waals surface area contributed by atoms with Crippen LogP contribution in [0.1, 0.15) is 22.2 Å². The van der Waals surface area contributed by atoms with E-state index in [1.165, 1.54) is 12.3 Å². The van der Waals surface area contributed by atoms with Crippen molar-refractivity contribution in [2.75, 3.05) is 40.8 Å². The molecule has 0 bridgehead atoms. The van der Waals surface area contributed by atoms with Gasteiger partial charge in [-0.05, 0) is 19.2 Å². The lowest BCUT2D eigenvalue weighted by atomic mass is 10.1. The van der Waals surface area contributed by atoms with Gasteiger partial charge in [0.2, 0.25) is 0 Å². The molecule has 9 heteroatoms. The maximum absolute atomic E-state index is 12.2. The molecule has 2 aromatic rings. The predicted octanol–water partition coefficient (Wildman–Crippen LogP) is 0.398. The van der Waals surface area contributed by atoms with Gasteiger partial charge in [-0.2, -0.15) is 0 Å². The van der Waals surface area contributed by atoms with E-state index in [9.17, 15) is 14.7 Å². The monoisotopic (exact) mass is 332 g/mol. The summed E-state index contributed by atoms with van der Waals surface area (Å²) in [7, 11) is 5.41. The molecule has 1 atom stereocenters. The molecule has 1 fully saturated rings. The number of nitrogens with zero attached hydrogens (tertiary/aromatic N) is 6. The van der Waals surface area contributed by atoms with E-state index in [-0.39, 0.29) is 17.6 Å². The third kappa shape index (κ3) is 2.78. The number of aromatic nitrogens is 3. The van der Waals surface area contributed by atoms with Gasteiger partial charge in [0.1, 0.15) is 0 Å². The lowest BCUT2D eigenvalue weighted by Gasteiger charge is -2.39. The molecule has 3 heterocycles. The maximum Gasteiger partial charge on any atom is 0.337 e. The minimum atomic E-state index is -1.00. The first-order valence-electron chi connectivity index (χ1n) is 7.63. The van der Waals surface area contributed by atoms with Crippen LogP contribution in [0.2, 0.25) is 0 Å². The number of likely N-dealkylation sites (N-methyl/N-ethyl adjacent to an activating group) is 1. The molecule has 1 aliphatic heterocycles. The van der Waals surface area contributed by atoms with Crippen LogP contribution in [0.15, 0.2) is 18.3 Å². The van der Waals surface area contributed by atoms with Crippen molar-refractivity contribution in [3.05, 3.63) is 29.7 Å². The lowest BCUT2D eigenvalue weighted by molar-refractivity contribution is 0.0696. The first-order chi connectivity index (χ1) is 11.4. The molecule has 0 aliphatic carbocycles. The average Bonchev–Trinajstić information content (AvgIpc) is 2.97. The van der Waals surface area contributed by atoms with Crippen molar-refractivity contribution in [3.63, 3.8) is 0 Å². The highest BCUT2D eigenvalue weighted by molar-refractivity contribution is 5.87. The second kappa shape index (κ2) is 6.08. The van der Waals surface area contributed by atoms with Gasteiger partial charge in [0, 0.05) is 39.9 Å². The second-order valence-electron chi connectivity index (χ2n) is 6.13. The number of pyridine rings is 1. The molecule has 2 amide bonds. The first kappa shape index (κ1) is 16.2. The van der Waals surface area contributed by atoms with Crippen molar-refractivity contribution in [2.45, 2.75) is 6.04 Å². The van der Waals surface area contributed by atoms with Gasteiger partial charge in [-0.25, -0.2) is 9.59 Å². The molecule has 2 aromatic heterocycles. The summed E-state index contributed by atoms with van der Waals surface area (Å²) in [5.74, 6) is -0.371. The van der Waals surface area contributed by atoms with E-state index in [4.69, 9.17) is 0 Å². The van der Waals surface area contributed by atoms with Gasteiger partial charge in [-0.1, -0.05) is 0 Å². The highest BCUT2D eigenvalue weighted by Gasteiger charge is 2.32. The van der Waals surface area contributed by atoms with Crippen molar-refractivity contribution in [3.8, 4) is 0 Å². The summed E-state index contributed by atoms with van der Waals surface area (Å²) in [6, 6.07) is 2.93. The van der Waals surface area contributed by atoms with E-state index in [1.54, 1.807) is 34.4 Å². The molecule has 1 saturated heterocycles. The number of aromatic carboxylic acids is 1. The fourth-order valence-electron chi connectivity index (χ4n) is 2.87. The zero-order valence-electron chi connectivity index (χ0n) is 13.9. The number of carboxylic acid groups (broad SMARTS) is 1. The third-order valence-electron chi connectivity index (χ3n) is 4.27. The van der Waals surface area contributed by atoms with Gasteiger partial charge in [-0.3, -0.25) is 9.30 Å². The minimum Gasteiger partial charge on any atom is -0.478 e. The molecule has 0 radical (unpaired) electrons. The Kier molecular flexibility index (Phi) is 4.10. The molecule has 9 nitrogen and oxygen atoms in total. The Morgan fingerprint density at radius 2 is 2.00 bits per heavy atom. The van der Waals surface area contributed by atoms with Crippen LogP contribution in [-0.4, -0.2) is 87.2 Å². The molecule has 3 rings (SSSR count). The summed E-state index contributed by atoms with van der Waals surface area (Å²) >= 11 is 0. The summed E-state index contributed by atoms with van der Waals surface area (Å²) in [4.78, 5) is 28.9. The Morgan fingerprint density at radius 3 is 2.67 bits per heavy atom. The van der Waals surface area contributed by atoms with E-state index in [2.05, 4.69) is 15.1 Å². The van der Waals surface area contributed by atoms with Gasteiger partial charge in [0.05, 0.1) is 11.6 Å². The fraction of sp³-hybridized carbons (Fsp3) is 0.467. The van der Waals surface area contributed by atoms with E-state index < -0.39 is 5.97 Å². The summed E-state index contributed by atoms with van der Waals surface area (Å²) in [6.45, 7) is 1.82. The van der Waals surface area contributed by atoms with Crippen molar-refractivity contribution >= 4 is 17.6 Å². The molecule has 1 N–H and O–H groups in total. The van der Waals surface area contributed by atoms with Crippen LogP contribution in [0.3, 0.4) is 0 Å². The van der Waals surface area contributed by atoms with Crippen LogP contribution >= 0.6 is 0 Å².